The van der Waals surface area contributed by atoms with Gasteiger partial charge in [0.15, 0.2) is 11.5 Å². The smallest absolute Gasteiger partial charge is 0.161 e. The van der Waals surface area contributed by atoms with Gasteiger partial charge in [-0.3, -0.25) is 9.58 Å². The third kappa shape index (κ3) is 7.47. The number of methoxy groups -OCH3 is 1. The fourth-order valence-corrected chi connectivity index (χ4v) is 4.42. The highest BCUT2D eigenvalue weighted by molar-refractivity contribution is 5.43. The fraction of sp³-hybridized carbons (Fsp3) is 0.464. The zero-order chi connectivity index (χ0) is 24.5. The van der Waals surface area contributed by atoms with Crippen molar-refractivity contribution in [2.45, 2.75) is 51.3 Å². The first-order valence-corrected chi connectivity index (χ1v) is 12.4. The molecule has 0 saturated carbocycles. The van der Waals surface area contributed by atoms with Gasteiger partial charge in [-0.05, 0) is 68.6 Å². The molecular formula is C28H37N3O4. The molecule has 1 saturated heterocycles. The number of ether oxygens (including phenoxy) is 3. The Bertz CT molecular complexity index is 1040. The Balaban J connectivity index is 1.26. The van der Waals surface area contributed by atoms with Gasteiger partial charge in [-0.15, -0.1) is 0 Å². The zero-order valence-corrected chi connectivity index (χ0v) is 20.9. The first kappa shape index (κ1) is 25.1. The fourth-order valence-electron chi connectivity index (χ4n) is 4.42. The summed E-state index contributed by atoms with van der Waals surface area (Å²) in [5.41, 5.74) is 1.57. The summed E-state index contributed by atoms with van der Waals surface area (Å²) < 4.78 is 19.4. The second kappa shape index (κ2) is 12.1. The molecule has 35 heavy (non-hydrogen) atoms. The van der Waals surface area contributed by atoms with Gasteiger partial charge in [0.1, 0.15) is 12.4 Å². The molecule has 2 aromatic carbocycles. The largest absolute Gasteiger partial charge is 0.493 e. The minimum Gasteiger partial charge on any atom is -0.493 e. The number of aromatic nitrogens is 2. The molecule has 2 heterocycles. The van der Waals surface area contributed by atoms with Crippen LogP contribution in [0.5, 0.6) is 17.2 Å². The second-order valence-corrected chi connectivity index (χ2v) is 9.41. The maximum Gasteiger partial charge on any atom is 0.161 e. The van der Waals surface area contributed by atoms with Crippen molar-refractivity contribution in [2.24, 2.45) is 0 Å². The lowest BCUT2D eigenvalue weighted by molar-refractivity contribution is -0.0168. The molecule has 0 unspecified atom stereocenters. The van der Waals surface area contributed by atoms with Crippen molar-refractivity contribution in [1.29, 1.82) is 0 Å². The zero-order valence-electron chi connectivity index (χ0n) is 20.9. The Kier molecular flexibility index (Phi) is 8.66. The monoisotopic (exact) mass is 479 g/mol. The normalized spacial score (nSPS) is 18.7. The Labute approximate surface area is 208 Å². The lowest BCUT2D eigenvalue weighted by atomic mass is 9.96. The molecule has 1 N–H and O–H groups in total. The van der Waals surface area contributed by atoms with Gasteiger partial charge in [0.25, 0.3) is 0 Å². The van der Waals surface area contributed by atoms with Gasteiger partial charge in [-0.2, -0.15) is 5.10 Å². The quantitative estimate of drug-likeness (QED) is 0.410. The van der Waals surface area contributed by atoms with Gasteiger partial charge >= 0.3 is 0 Å². The average Bonchev–Trinajstić information content (AvgIpc) is 3.32. The van der Waals surface area contributed by atoms with E-state index in [4.69, 9.17) is 14.2 Å². The van der Waals surface area contributed by atoms with Crippen molar-refractivity contribution in [3.8, 4) is 17.2 Å². The molecular weight excluding hydrogens is 442 g/mol. The minimum atomic E-state index is -0.800. The van der Waals surface area contributed by atoms with Crippen LogP contribution in [0.15, 0.2) is 60.9 Å². The molecule has 7 nitrogen and oxygen atoms in total. The topological polar surface area (TPSA) is 69.0 Å². The maximum absolute atomic E-state index is 11.1. The van der Waals surface area contributed by atoms with Crippen LogP contribution in [0.1, 0.15) is 36.8 Å². The molecule has 0 radical (unpaired) electrons. The third-order valence-corrected chi connectivity index (χ3v) is 6.52. The summed E-state index contributed by atoms with van der Waals surface area (Å²) in [6.07, 6.45) is 6.97. The molecule has 3 aromatic rings. The van der Waals surface area contributed by atoms with E-state index in [2.05, 4.69) is 29.1 Å². The molecule has 1 fully saturated rings. The lowest BCUT2D eigenvalue weighted by Gasteiger charge is -2.27. The van der Waals surface area contributed by atoms with Crippen LogP contribution < -0.4 is 14.2 Å². The summed E-state index contributed by atoms with van der Waals surface area (Å²) in [5, 5.41) is 15.4. The first-order valence-electron chi connectivity index (χ1n) is 12.4. The van der Waals surface area contributed by atoms with E-state index in [0.717, 1.165) is 62.7 Å². The van der Waals surface area contributed by atoms with Crippen LogP contribution >= 0.6 is 0 Å². The maximum atomic E-state index is 11.1. The van der Waals surface area contributed by atoms with Gasteiger partial charge in [0.05, 0.1) is 19.3 Å². The van der Waals surface area contributed by atoms with E-state index in [1.165, 1.54) is 11.1 Å². The lowest BCUT2D eigenvalue weighted by Crippen LogP contribution is -2.37. The average molecular weight is 480 g/mol. The van der Waals surface area contributed by atoms with E-state index >= 15 is 0 Å². The molecule has 0 bridgehead atoms. The van der Waals surface area contributed by atoms with Crippen molar-refractivity contribution >= 4 is 0 Å². The van der Waals surface area contributed by atoms with Crippen LogP contribution in [0.3, 0.4) is 0 Å². The van der Waals surface area contributed by atoms with E-state index in [-0.39, 0.29) is 0 Å². The Morgan fingerprint density at radius 2 is 1.89 bits per heavy atom. The number of benzene rings is 2. The number of nitrogens with zero attached hydrogens (tertiary/aromatic N) is 3. The number of hydrogen-bond acceptors (Lipinski definition) is 6. The summed E-state index contributed by atoms with van der Waals surface area (Å²) in [7, 11) is 1.68. The van der Waals surface area contributed by atoms with Gasteiger partial charge in [0, 0.05) is 38.4 Å². The number of aryl methyl sites for hydroxylation is 2. The van der Waals surface area contributed by atoms with Gasteiger partial charge in [-0.25, -0.2) is 0 Å². The SMILES string of the molecule is COc1cc(CN2CCC[C@@](O)(COc3ccc(C)cc3)CC2)ccc1OCCCn1cccn1. The molecule has 1 aliphatic heterocycles. The highest BCUT2D eigenvalue weighted by atomic mass is 16.5. The molecule has 1 aromatic heterocycles. The van der Waals surface area contributed by atoms with Crippen LogP contribution in [0, 0.1) is 6.92 Å². The van der Waals surface area contributed by atoms with Crippen molar-refractivity contribution in [2.75, 3.05) is 33.4 Å². The third-order valence-electron chi connectivity index (χ3n) is 6.52. The first-order chi connectivity index (χ1) is 17.0. The standard InChI is InChI=1S/C28H37N3O4/c1-23-6-9-25(10-7-23)35-22-28(32)12-3-15-30(18-13-28)21-24-8-11-26(27(20-24)33-2)34-19-5-17-31-16-4-14-29-31/h4,6-11,14,16,20,32H,3,5,12-13,15,17-19,21-22H2,1-2H3/t28-/m0/s1. The number of hydrogen-bond donors (Lipinski definition) is 1. The van der Waals surface area contributed by atoms with Crippen LogP contribution in [0.4, 0.5) is 0 Å². The van der Waals surface area contributed by atoms with Gasteiger partial charge in [-0.1, -0.05) is 23.8 Å². The van der Waals surface area contributed by atoms with Crippen LogP contribution in [0.2, 0.25) is 0 Å². The van der Waals surface area contributed by atoms with Crippen molar-refractivity contribution in [3.05, 3.63) is 72.1 Å². The summed E-state index contributed by atoms with van der Waals surface area (Å²) in [6, 6.07) is 16.0. The van der Waals surface area contributed by atoms with Crippen LogP contribution in [0.25, 0.3) is 0 Å². The molecule has 1 atom stereocenters. The predicted octanol–water partition coefficient (Wildman–Crippen LogP) is 4.47. The Morgan fingerprint density at radius 3 is 2.66 bits per heavy atom. The highest BCUT2D eigenvalue weighted by Crippen LogP contribution is 2.30. The molecule has 1 aliphatic rings. The van der Waals surface area contributed by atoms with Crippen molar-refractivity contribution in [3.63, 3.8) is 0 Å². The highest BCUT2D eigenvalue weighted by Gasteiger charge is 2.31. The van der Waals surface area contributed by atoms with E-state index in [1.54, 1.807) is 13.3 Å². The molecule has 188 valence electrons. The summed E-state index contributed by atoms with van der Waals surface area (Å²) >= 11 is 0. The van der Waals surface area contributed by atoms with Crippen LogP contribution in [-0.4, -0.2) is 58.8 Å². The van der Waals surface area contributed by atoms with Crippen molar-refractivity contribution in [1.82, 2.24) is 14.7 Å². The molecule has 0 spiro atoms. The second-order valence-electron chi connectivity index (χ2n) is 9.41. The Morgan fingerprint density at radius 1 is 1.03 bits per heavy atom. The van der Waals surface area contributed by atoms with Crippen molar-refractivity contribution < 1.29 is 19.3 Å². The number of rotatable bonds is 11. The van der Waals surface area contributed by atoms with Gasteiger partial charge in [0.2, 0.25) is 0 Å². The molecule has 0 amide bonds. The molecule has 7 heteroatoms. The van der Waals surface area contributed by atoms with Gasteiger partial charge < -0.3 is 19.3 Å². The molecule has 0 aliphatic carbocycles. The van der Waals surface area contributed by atoms with Crippen LogP contribution in [-0.2, 0) is 13.1 Å². The summed E-state index contributed by atoms with van der Waals surface area (Å²) in [5.74, 6) is 2.32. The molecule has 4 rings (SSSR count). The summed E-state index contributed by atoms with van der Waals surface area (Å²) in [6.45, 7) is 6.38. The van der Waals surface area contributed by atoms with E-state index in [1.807, 2.05) is 47.3 Å². The Hall–Kier alpha value is -3.03. The minimum absolute atomic E-state index is 0.324. The summed E-state index contributed by atoms with van der Waals surface area (Å²) in [4.78, 5) is 2.39. The van der Waals surface area contributed by atoms with E-state index in [0.29, 0.717) is 19.6 Å². The number of aliphatic hydroxyl groups is 1. The van der Waals surface area contributed by atoms with E-state index in [9.17, 15) is 5.11 Å². The predicted molar refractivity (Wildman–Crippen MR) is 136 cm³/mol. The van der Waals surface area contributed by atoms with E-state index < -0.39 is 5.60 Å². The number of likely N-dealkylation sites (tertiary alicyclic amines) is 1.